The quantitative estimate of drug-likeness (QED) is 0.866. The van der Waals surface area contributed by atoms with E-state index in [-0.39, 0.29) is 28.7 Å². The molecule has 24 heavy (non-hydrogen) atoms. The fourth-order valence-corrected chi connectivity index (χ4v) is 4.08. The first-order valence-electron chi connectivity index (χ1n) is 8.08. The maximum atomic E-state index is 12.8. The van der Waals surface area contributed by atoms with Gasteiger partial charge >= 0.3 is 0 Å². The summed E-state index contributed by atoms with van der Waals surface area (Å²) in [6.07, 6.45) is 2.19. The zero-order valence-electron chi connectivity index (χ0n) is 14.7. The summed E-state index contributed by atoms with van der Waals surface area (Å²) in [5.41, 5.74) is 1.77. The Morgan fingerprint density at radius 2 is 2.17 bits per heavy atom. The second kappa shape index (κ2) is 5.84. The number of hydrogen-bond donors (Lipinski definition) is 1. The highest BCUT2D eigenvalue weighted by atomic mass is 32.1. The Kier molecular flexibility index (Phi) is 4.11. The normalized spacial score (nSPS) is 21.5. The number of carbonyl (C=O) groups is 1. The van der Waals surface area contributed by atoms with Crippen LogP contribution in [0.2, 0.25) is 0 Å². The van der Waals surface area contributed by atoms with Crippen LogP contribution in [-0.2, 0) is 11.3 Å². The van der Waals surface area contributed by atoms with Crippen molar-refractivity contribution in [3.63, 3.8) is 0 Å². The Bertz CT molecular complexity index is 874. The van der Waals surface area contributed by atoms with Gasteiger partial charge in [-0.25, -0.2) is 4.98 Å². The average molecular weight is 345 g/mol. The van der Waals surface area contributed by atoms with Crippen LogP contribution in [0.15, 0.2) is 27.9 Å². The fraction of sp³-hybridized carbons (Fsp3) is 0.500. The van der Waals surface area contributed by atoms with E-state index in [0.29, 0.717) is 22.6 Å². The topological polar surface area (TPSA) is 66.1 Å². The average Bonchev–Trinajstić information content (AvgIpc) is 2.85. The predicted molar refractivity (Wildman–Crippen MR) is 96.9 cm³/mol. The highest BCUT2D eigenvalue weighted by Gasteiger charge is 2.60. The number of nitrogens with zero attached hydrogens (tertiary/aromatic N) is 2. The molecule has 0 bridgehead atoms. The number of amides is 1. The molecule has 0 unspecified atom stereocenters. The number of thiophene rings is 1. The number of H-pyrrole nitrogens is 1. The first-order chi connectivity index (χ1) is 11.2. The molecule has 3 rings (SSSR count). The van der Waals surface area contributed by atoms with Crippen molar-refractivity contribution >= 4 is 27.5 Å². The summed E-state index contributed by atoms with van der Waals surface area (Å²) >= 11 is 1.38. The summed E-state index contributed by atoms with van der Waals surface area (Å²) in [5, 5.41) is 1.85. The summed E-state index contributed by atoms with van der Waals surface area (Å²) < 4.78 is 0.625. The van der Waals surface area contributed by atoms with E-state index in [0.717, 1.165) is 0 Å². The lowest BCUT2D eigenvalue weighted by atomic mass is 10.1. The van der Waals surface area contributed by atoms with E-state index in [1.54, 1.807) is 11.9 Å². The van der Waals surface area contributed by atoms with Crippen molar-refractivity contribution in [2.75, 3.05) is 7.05 Å². The second-order valence-corrected chi connectivity index (χ2v) is 8.33. The van der Waals surface area contributed by atoms with Gasteiger partial charge in [-0.05, 0) is 36.6 Å². The summed E-state index contributed by atoms with van der Waals surface area (Å²) in [4.78, 5) is 33.7. The number of hydrogen-bond acceptors (Lipinski definition) is 4. The van der Waals surface area contributed by atoms with Crippen molar-refractivity contribution < 1.29 is 4.79 Å². The van der Waals surface area contributed by atoms with E-state index >= 15 is 0 Å². The Morgan fingerprint density at radius 3 is 2.83 bits per heavy atom. The zero-order valence-corrected chi connectivity index (χ0v) is 15.5. The molecule has 1 N–H and O–H groups in total. The zero-order chi connectivity index (χ0) is 17.6. The molecule has 0 saturated heterocycles. The van der Waals surface area contributed by atoms with Gasteiger partial charge in [0.05, 0.1) is 18.0 Å². The highest BCUT2D eigenvalue weighted by Crippen LogP contribution is 2.60. The van der Waals surface area contributed by atoms with Crippen LogP contribution in [0.1, 0.15) is 33.5 Å². The molecule has 2 aromatic rings. The molecule has 1 amide bonds. The molecule has 1 aliphatic carbocycles. The molecule has 2 heterocycles. The van der Waals surface area contributed by atoms with E-state index < -0.39 is 0 Å². The van der Waals surface area contributed by atoms with Crippen molar-refractivity contribution in [2.24, 2.45) is 17.3 Å². The smallest absolute Gasteiger partial charge is 0.268 e. The molecule has 0 aromatic carbocycles. The molecule has 5 nitrogen and oxygen atoms in total. The largest absolute Gasteiger partial charge is 0.338 e. The van der Waals surface area contributed by atoms with Crippen molar-refractivity contribution in [1.29, 1.82) is 0 Å². The minimum absolute atomic E-state index is 0.00556. The van der Waals surface area contributed by atoms with Crippen LogP contribution in [-0.4, -0.2) is 27.8 Å². The van der Waals surface area contributed by atoms with Gasteiger partial charge in [0.25, 0.3) is 5.56 Å². The molecule has 6 heteroatoms. The van der Waals surface area contributed by atoms with Gasteiger partial charge in [0, 0.05) is 7.05 Å². The third-order valence-corrected chi connectivity index (χ3v) is 5.72. The number of nitrogens with one attached hydrogen (secondary N) is 1. The third-order valence-electron chi connectivity index (χ3n) is 4.82. The summed E-state index contributed by atoms with van der Waals surface area (Å²) in [6.45, 7) is 8.69. The molecule has 0 aliphatic heterocycles. The van der Waals surface area contributed by atoms with Crippen molar-refractivity contribution in [3.05, 3.63) is 39.3 Å². The summed E-state index contributed by atoms with van der Waals surface area (Å²) in [6, 6.07) is 1.83. The lowest BCUT2D eigenvalue weighted by molar-refractivity contribution is -0.132. The molecule has 128 valence electrons. The van der Waals surface area contributed by atoms with Crippen LogP contribution < -0.4 is 5.56 Å². The van der Waals surface area contributed by atoms with Gasteiger partial charge in [0.2, 0.25) is 5.91 Å². The first-order valence-corrected chi connectivity index (χ1v) is 8.96. The van der Waals surface area contributed by atoms with E-state index in [4.69, 9.17) is 0 Å². The molecule has 0 radical (unpaired) electrons. The van der Waals surface area contributed by atoms with Crippen LogP contribution in [0.4, 0.5) is 0 Å². The van der Waals surface area contributed by atoms with Gasteiger partial charge in [-0.1, -0.05) is 25.5 Å². The Balaban J connectivity index is 1.77. The van der Waals surface area contributed by atoms with Gasteiger partial charge < -0.3 is 9.88 Å². The van der Waals surface area contributed by atoms with Gasteiger partial charge in [-0.3, -0.25) is 9.59 Å². The van der Waals surface area contributed by atoms with Crippen LogP contribution in [0.3, 0.4) is 0 Å². The van der Waals surface area contributed by atoms with E-state index in [2.05, 4.69) is 43.7 Å². The molecular weight excluding hydrogens is 322 g/mol. The Morgan fingerprint density at radius 1 is 1.46 bits per heavy atom. The molecular formula is C18H23N3O2S. The van der Waals surface area contributed by atoms with Crippen molar-refractivity contribution in [2.45, 2.75) is 34.2 Å². The number of allylic oxidation sites excluding steroid dienone is 2. The van der Waals surface area contributed by atoms with Gasteiger partial charge in [-0.15, -0.1) is 11.3 Å². The van der Waals surface area contributed by atoms with E-state index in [9.17, 15) is 9.59 Å². The van der Waals surface area contributed by atoms with Crippen LogP contribution >= 0.6 is 11.3 Å². The molecule has 0 spiro atoms. The van der Waals surface area contributed by atoms with Gasteiger partial charge in [-0.2, -0.15) is 0 Å². The molecule has 1 fully saturated rings. The molecule has 2 aromatic heterocycles. The molecule has 1 aliphatic rings. The number of fused-ring (bicyclic) bond motifs is 1. The molecule has 2 atom stereocenters. The number of aromatic nitrogens is 2. The summed E-state index contributed by atoms with van der Waals surface area (Å²) in [7, 11) is 1.77. The fourth-order valence-electron chi connectivity index (χ4n) is 3.36. The number of carbonyl (C=O) groups excluding carboxylic acids is 1. The van der Waals surface area contributed by atoms with Crippen molar-refractivity contribution in [3.8, 4) is 0 Å². The monoisotopic (exact) mass is 345 g/mol. The van der Waals surface area contributed by atoms with Gasteiger partial charge in [0.1, 0.15) is 10.5 Å². The van der Waals surface area contributed by atoms with Crippen LogP contribution in [0.25, 0.3) is 10.2 Å². The number of rotatable bonds is 4. The minimum atomic E-state index is -0.139. The highest BCUT2D eigenvalue weighted by molar-refractivity contribution is 7.17. The van der Waals surface area contributed by atoms with Crippen LogP contribution in [0.5, 0.6) is 0 Å². The standard InChI is InChI=1S/C18H23N3O2S/c1-10(2)8-11-14(18(11,3)4)17(23)21(5)9-13-19-12-6-7-24-15(12)16(22)20-13/h6-8,11,14H,9H2,1-5H3,(H,19,20,22)/t11-,14-/m1/s1. The maximum absolute atomic E-state index is 12.8. The maximum Gasteiger partial charge on any atom is 0.268 e. The lowest BCUT2D eigenvalue weighted by Crippen LogP contribution is -2.30. The van der Waals surface area contributed by atoms with E-state index in [1.165, 1.54) is 16.9 Å². The Labute approximate surface area is 145 Å². The first kappa shape index (κ1) is 16.9. The van der Waals surface area contributed by atoms with Crippen LogP contribution in [0, 0.1) is 17.3 Å². The second-order valence-electron chi connectivity index (χ2n) is 7.41. The summed E-state index contributed by atoms with van der Waals surface area (Å²) in [5.74, 6) is 0.910. The van der Waals surface area contributed by atoms with E-state index in [1.807, 2.05) is 11.4 Å². The minimum Gasteiger partial charge on any atom is -0.338 e. The predicted octanol–water partition coefficient (Wildman–Crippen LogP) is 3.18. The third kappa shape index (κ3) is 2.90. The SMILES string of the molecule is CC(C)=C[C@@H]1[C@H](C(=O)N(C)Cc2nc3ccsc3c(=O)[nH]2)C1(C)C. The number of aromatic amines is 1. The van der Waals surface area contributed by atoms with Gasteiger partial charge in [0.15, 0.2) is 0 Å². The molecule has 1 saturated carbocycles. The van der Waals surface area contributed by atoms with Crippen molar-refractivity contribution in [1.82, 2.24) is 14.9 Å². The Hall–Kier alpha value is -1.95. The lowest BCUT2D eigenvalue weighted by Gasteiger charge is -2.17.